The van der Waals surface area contributed by atoms with Crippen molar-refractivity contribution in [3.63, 3.8) is 0 Å². The highest BCUT2D eigenvalue weighted by Crippen LogP contribution is 1.97. The summed E-state index contributed by atoms with van der Waals surface area (Å²) in [5.74, 6) is -0.771. The molecule has 0 N–H and O–H groups in total. The minimum atomic E-state index is -1.01. The van der Waals surface area contributed by atoms with Gasteiger partial charge in [0.1, 0.15) is 5.69 Å². The van der Waals surface area contributed by atoms with Crippen LogP contribution in [0, 0.1) is 0 Å². The van der Waals surface area contributed by atoms with Crippen molar-refractivity contribution >= 4 is 22.6 Å². The van der Waals surface area contributed by atoms with E-state index in [2.05, 4.69) is 4.98 Å². The predicted octanol–water partition coefficient (Wildman–Crippen LogP) is 1.03. The van der Waals surface area contributed by atoms with Gasteiger partial charge in [0.25, 0.3) is 11.0 Å². The highest BCUT2D eigenvalue weighted by atomic mass is 35.5. The van der Waals surface area contributed by atoms with E-state index in [4.69, 9.17) is 11.6 Å². The minimum Gasteiger partial charge on any atom is -0.282 e. The summed E-state index contributed by atoms with van der Waals surface area (Å²) in [7, 11) is 0. The van der Waals surface area contributed by atoms with Gasteiger partial charge in [-0.05, 0) is 23.7 Å². The van der Waals surface area contributed by atoms with Gasteiger partial charge in [0.05, 0.1) is 0 Å². The second kappa shape index (κ2) is 3.25. The maximum atomic E-state index is 10.8. The maximum absolute atomic E-state index is 10.8. The standard InChI is InChI=1S/C7H4ClNO2/c8-7(11)6(10)5-3-1-2-4-9-5/h1-4H. The Morgan fingerprint density at radius 1 is 1.36 bits per heavy atom. The molecule has 0 atom stereocenters. The van der Waals surface area contributed by atoms with Gasteiger partial charge in [0.15, 0.2) is 0 Å². The molecule has 0 amide bonds. The number of halogens is 1. The van der Waals surface area contributed by atoms with Crippen molar-refractivity contribution in [1.29, 1.82) is 0 Å². The summed E-state index contributed by atoms with van der Waals surface area (Å²) in [5, 5.41) is -1.01. The zero-order valence-corrected chi connectivity index (χ0v) is 6.21. The summed E-state index contributed by atoms with van der Waals surface area (Å²) < 4.78 is 0. The van der Waals surface area contributed by atoms with E-state index in [9.17, 15) is 9.59 Å². The molecule has 0 spiro atoms. The monoisotopic (exact) mass is 169 g/mol. The lowest BCUT2D eigenvalue weighted by Crippen LogP contribution is -2.08. The lowest BCUT2D eigenvalue weighted by Gasteiger charge is -1.90. The maximum Gasteiger partial charge on any atom is 0.294 e. The van der Waals surface area contributed by atoms with Crippen molar-refractivity contribution < 1.29 is 9.59 Å². The molecule has 4 heteroatoms. The molecule has 1 aromatic heterocycles. The first-order valence-corrected chi connectivity index (χ1v) is 3.25. The molecular weight excluding hydrogens is 166 g/mol. The number of pyridine rings is 1. The van der Waals surface area contributed by atoms with Crippen LogP contribution in [0.15, 0.2) is 24.4 Å². The van der Waals surface area contributed by atoms with Crippen molar-refractivity contribution in [1.82, 2.24) is 4.98 Å². The minimum absolute atomic E-state index is 0.0764. The van der Waals surface area contributed by atoms with Gasteiger partial charge >= 0.3 is 0 Å². The van der Waals surface area contributed by atoms with Gasteiger partial charge in [-0.1, -0.05) is 6.07 Å². The molecule has 1 rings (SSSR count). The van der Waals surface area contributed by atoms with Gasteiger partial charge in [0, 0.05) is 6.20 Å². The van der Waals surface area contributed by atoms with Crippen LogP contribution < -0.4 is 0 Å². The summed E-state index contributed by atoms with van der Waals surface area (Å²) in [6.07, 6.45) is 1.42. The van der Waals surface area contributed by atoms with Crippen molar-refractivity contribution in [3.8, 4) is 0 Å². The van der Waals surface area contributed by atoms with Gasteiger partial charge in [-0.3, -0.25) is 14.6 Å². The van der Waals surface area contributed by atoms with E-state index >= 15 is 0 Å². The fourth-order valence-electron chi connectivity index (χ4n) is 0.598. The van der Waals surface area contributed by atoms with E-state index < -0.39 is 11.0 Å². The van der Waals surface area contributed by atoms with Crippen LogP contribution in [-0.2, 0) is 4.79 Å². The first kappa shape index (κ1) is 7.88. The molecule has 0 saturated carbocycles. The van der Waals surface area contributed by atoms with Crippen LogP contribution in [-0.4, -0.2) is 16.0 Å². The molecule has 0 aliphatic rings. The van der Waals surface area contributed by atoms with E-state index in [1.807, 2.05) is 0 Å². The molecule has 0 unspecified atom stereocenters. The molecule has 56 valence electrons. The third kappa shape index (κ3) is 1.85. The Bertz CT molecular complexity index is 284. The number of rotatable bonds is 2. The van der Waals surface area contributed by atoms with E-state index in [-0.39, 0.29) is 5.69 Å². The Hall–Kier alpha value is -1.22. The van der Waals surface area contributed by atoms with Crippen LogP contribution >= 0.6 is 11.6 Å². The normalized spacial score (nSPS) is 9.18. The third-order valence-electron chi connectivity index (χ3n) is 1.08. The number of carbonyl (C=O) groups is 2. The first-order valence-electron chi connectivity index (χ1n) is 2.87. The Morgan fingerprint density at radius 3 is 2.55 bits per heavy atom. The van der Waals surface area contributed by atoms with Crippen molar-refractivity contribution in [2.24, 2.45) is 0 Å². The molecule has 1 heterocycles. The first-order chi connectivity index (χ1) is 5.22. The third-order valence-corrected chi connectivity index (χ3v) is 1.25. The molecule has 3 nitrogen and oxygen atoms in total. The van der Waals surface area contributed by atoms with Crippen molar-refractivity contribution in [3.05, 3.63) is 30.1 Å². The van der Waals surface area contributed by atoms with Crippen LogP contribution in [0.1, 0.15) is 10.5 Å². The lowest BCUT2D eigenvalue weighted by atomic mass is 10.3. The molecule has 1 aromatic rings. The smallest absolute Gasteiger partial charge is 0.282 e. The van der Waals surface area contributed by atoms with E-state index in [1.54, 1.807) is 12.1 Å². The highest BCUT2D eigenvalue weighted by molar-refractivity contribution is 6.83. The van der Waals surface area contributed by atoms with Gasteiger partial charge in [0.2, 0.25) is 0 Å². The predicted molar refractivity (Wildman–Crippen MR) is 39.4 cm³/mol. The van der Waals surface area contributed by atoms with E-state index in [0.717, 1.165) is 0 Å². The summed E-state index contributed by atoms with van der Waals surface area (Å²) in [5.41, 5.74) is 0.0764. The number of ketones is 1. The molecule has 0 saturated heterocycles. The average molecular weight is 170 g/mol. The Morgan fingerprint density at radius 2 is 2.09 bits per heavy atom. The molecule has 0 aromatic carbocycles. The molecule has 0 bridgehead atoms. The molecule has 0 radical (unpaired) electrons. The van der Waals surface area contributed by atoms with Gasteiger partial charge in [-0.15, -0.1) is 0 Å². The zero-order chi connectivity index (χ0) is 8.27. The lowest BCUT2D eigenvalue weighted by molar-refractivity contribution is -0.108. The number of aromatic nitrogens is 1. The molecule has 0 aliphatic carbocycles. The van der Waals surface area contributed by atoms with Gasteiger partial charge in [-0.25, -0.2) is 0 Å². The Balaban J connectivity index is 2.95. The van der Waals surface area contributed by atoms with Gasteiger partial charge in [-0.2, -0.15) is 0 Å². The van der Waals surface area contributed by atoms with Crippen LogP contribution in [0.5, 0.6) is 0 Å². The van der Waals surface area contributed by atoms with Crippen LogP contribution in [0.4, 0.5) is 0 Å². The largest absolute Gasteiger partial charge is 0.294 e. The summed E-state index contributed by atoms with van der Waals surface area (Å²) in [6.45, 7) is 0. The summed E-state index contributed by atoms with van der Waals surface area (Å²) >= 11 is 4.93. The molecule has 0 aliphatic heterocycles. The summed E-state index contributed by atoms with van der Waals surface area (Å²) in [4.78, 5) is 24.8. The molecular formula is C7H4ClNO2. The van der Waals surface area contributed by atoms with Crippen LogP contribution in [0.3, 0.4) is 0 Å². The topological polar surface area (TPSA) is 47.0 Å². The van der Waals surface area contributed by atoms with Crippen molar-refractivity contribution in [2.75, 3.05) is 0 Å². The number of hydrogen-bond donors (Lipinski definition) is 0. The highest BCUT2D eigenvalue weighted by Gasteiger charge is 2.13. The second-order valence-electron chi connectivity index (χ2n) is 1.82. The number of Topliss-reactive ketones (excluding diaryl/α,β-unsaturated/α-hetero) is 1. The SMILES string of the molecule is O=C(Cl)C(=O)c1ccccn1. The fourth-order valence-corrected chi connectivity index (χ4v) is 0.695. The molecule has 0 fully saturated rings. The second-order valence-corrected chi connectivity index (χ2v) is 2.16. The number of nitrogens with zero attached hydrogens (tertiary/aromatic N) is 1. The number of carbonyl (C=O) groups excluding carboxylic acids is 2. The Labute approximate surface area is 68.0 Å². The summed E-state index contributed by atoms with van der Waals surface area (Å²) in [6, 6.07) is 4.69. The van der Waals surface area contributed by atoms with E-state index in [0.29, 0.717) is 0 Å². The fraction of sp³-hybridized carbons (Fsp3) is 0. The quantitative estimate of drug-likeness (QED) is 0.377. The molecule has 11 heavy (non-hydrogen) atoms. The van der Waals surface area contributed by atoms with Crippen LogP contribution in [0.2, 0.25) is 0 Å². The Kier molecular flexibility index (Phi) is 2.33. The zero-order valence-electron chi connectivity index (χ0n) is 5.45. The average Bonchev–Trinajstić information content (AvgIpc) is 2.05. The van der Waals surface area contributed by atoms with Crippen molar-refractivity contribution in [2.45, 2.75) is 0 Å². The van der Waals surface area contributed by atoms with E-state index in [1.165, 1.54) is 12.3 Å². The van der Waals surface area contributed by atoms with Gasteiger partial charge < -0.3 is 0 Å². The van der Waals surface area contributed by atoms with Crippen LogP contribution in [0.25, 0.3) is 0 Å². The number of hydrogen-bond acceptors (Lipinski definition) is 3.